The summed E-state index contributed by atoms with van der Waals surface area (Å²) in [6.45, 7) is 8.62. The first-order valence-corrected chi connectivity index (χ1v) is 18.2. The first-order chi connectivity index (χ1) is 20.6. The number of likely N-dealkylation sites (N-methyl/N-ethyl adjacent to an activating group) is 2. The van der Waals surface area contributed by atoms with Gasteiger partial charge in [-0.1, -0.05) is 64.1 Å². The van der Waals surface area contributed by atoms with Crippen LogP contribution in [0, 0.1) is 0 Å². The lowest BCUT2D eigenvalue weighted by molar-refractivity contribution is -0.546. The fourth-order valence-electron chi connectivity index (χ4n) is 5.65. The number of hydrogen-bond acceptors (Lipinski definition) is 4. The molecular weight excluding hydrogens is 553 g/mol. The van der Waals surface area contributed by atoms with Crippen LogP contribution < -0.4 is 4.90 Å². The van der Waals surface area contributed by atoms with Gasteiger partial charge in [0.05, 0.1) is 0 Å². The number of benzene rings is 1. The van der Waals surface area contributed by atoms with Crippen LogP contribution in [0.1, 0.15) is 51.5 Å². The Labute approximate surface area is 263 Å². The monoisotopic (exact) mass is 602 g/mol. The number of allylic oxidation sites excluding steroid dienone is 8. The van der Waals surface area contributed by atoms with Crippen molar-refractivity contribution in [1.82, 2.24) is 4.90 Å². The van der Waals surface area contributed by atoms with Crippen LogP contribution in [0.3, 0.4) is 0 Å². The number of rotatable bonds is 15. The van der Waals surface area contributed by atoms with Crippen molar-refractivity contribution >= 4 is 45.8 Å². The van der Waals surface area contributed by atoms with E-state index < -0.39 is 0 Å². The second-order valence-corrected chi connectivity index (χ2v) is 13.7. The van der Waals surface area contributed by atoms with Crippen LogP contribution in [0.5, 0.6) is 0 Å². The van der Waals surface area contributed by atoms with Crippen LogP contribution in [0.25, 0.3) is 6.08 Å². The van der Waals surface area contributed by atoms with Gasteiger partial charge in [0.1, 0.15) is 19.3 Å². The summed E-state index contributed by atoms with van der Waals surface area (Å²) in [6.07, 6.45) is 30.9. The molecule has 0 bridgehead atoms. The minimum Gasteiger partial charge on any atom is -0.377 e. The number of hydrogen-bond donors (Lipinski definition) is 0. The molecule has 1 unspecified atom stereocenters. The van der Waals surface area contributed by atoms with E-state index >= 15 is 0 Å². The molecule has 1 aromatic rings. The molecule has 0 aromatic heterocycles. The van der Waals surface area contributed by atoms with E-state index in [9.17, 15) is 0 Å². The van der Waals surface area contributed by atoms with Gasteiger partial charge >= 0.3 is 0 Å². The van der Waals surface area contributed by atoms with Gasteiger partial charge in [-0.2, -0.15) is 0 Å². The molecule has 0 radical (unpaired) electrons. The summed E-state index contributed by atoms with van der Waals surface area (Å²) in [5.41, 5.74) is 6.76. The molecule has 0 fully saturated rings. The van der Waals surface area contributed by atoms with E-state index in [1.165, 1.54) is 28.2 Å². The lowest BCUT2D eigenvalue weighted by Crippen LogP contribution is -2.26. The van der Waals surface area contributed by atoms with Crippen molar-refractivity contribution in [2.24, 2.45) is 0 Å². The largest absolute Gasteiger partial charge is 0.377 e. The Bertz CT molecular complexity index is 1280. The Morgan fingerprint density at radius 3 is 2.52 bits per heavy atom. The van der Waals surface area contributed by atoms with Gasteiger partial charge in [-0.05, 0) is 74.6 Å². The van der Waals surface area contributed by atoms with E-state index in [0.29, 0.717) is 6.04 Å². The first kappa shape index (κ1) is 32.2. The van der Waals surface area contributed by atoms with Crippen LogP contribution in [-0.4, -0.2) is 84.3 Å². The van der Waals surface area contributed by atoms with Crippen molar-refractivity contribution in [3.63, 3.8) is 0 Å². The van der Waals surface area contributed by atoms with Crippen molar-refractivity contribution in [2.45, 2.75) is 52.0 Å². The quantitative estimate of drug-likeness (QED) is 0.115. The molecule has 4 nitrogen and oxygen atoms in total. The van der Waals surface area contributed by atoms with E-state index in [-0.39, 0.29) is 0 Å². The van der Waals surface area contributed by atoms with Crippen molar-refractivity contribution in [3.8, 4) is 0 Å². The summed E-state index contributed by atoms with van der Waals surface area (Å²) in [4.78, 5) is 4.88. The topological polar surface area (TPSA) is 12.5 Å². The molecule has 0 N–H and O–H groups in total. The average Bonchev–Trinajstić information content (AvgIpc) is 3.04. The van der Waals surface area contributed by atoms with Crippen LogP contribution >= 0.6 is 21.6 Å². The van der Waals surface area contributed by atoms with Gasteiger partial charge in [0, 0.05) is 69.0 Å². The fourth-order valence-corrected chi connectivity index (χ4v) is 7.73. The van der Waals surface area contributed by atoms with E-state index in [1.807, 2.05) is 21.6 Å². The lowest BCUT2D eigenvalue weighted by Gasteiger charge is -2.26. The highest BCUT2D eigenvalue weighted by Crippen LogP contribution is 2.27. The number of para-hydroxylation sites is 1. The summed E-state index contributed by atoms with van der Waals surface area (Å²) in [5, 5.41) is 0. The Kier molecular flexibility index (Phi) is 13.4. The molecule has 0 spiro atoms. The molecule has 2 heterocycles. The normalized spacial score (nSPS) is 19.0. The highest BCUT2D eigenvalue weighted by molar-refractivity contribution is 8.76. The summed E-state index contributed by atoms with van der Waals surface area (Å²) in [5.74, 6) is 2.23. The van der Waals surface area contributed by atoms with Gasteiger partial charge in [-0.25, -0.2) is 9.15 Å². The molecule has 6 heteroatoms. The average molecular weight is 603 g/mol. The van der Waals surface area contributed by atoms with E-state index in [0.717, 1.165) is 69.8 Å². The standard InChI is InChI=1S/C36H50N4S2/c1-5-39-25-13-11-17-33(39)23-21-31-15-7-9-19-35(31)37(3)27-29-41-42-30-28-38(4)36-20-10-8-16-32(36)22-24-34-18-12-14-26-40(34)6-2/h7-9,11,13,15-16,18-19,21-26,33H,5-6,10,12,14,17,20,27-30H2,1-4H3/q+2/b23-21+,24-22+. The zero-order chi connectivity index (χ0) is 29.6. The first-order valence-electron chi connectivity index (χ1n) is 15.7. The predicted molar refractivity (Wildman–Crippen MR) is 189 cm³/mol. The fraction of sp³-hybridized carbons (Fsp3) is 0.444. The number of nitrogens with zero attached hydrogens (tertiary/aromatic N) is 4. The maximum absolute atomic E-state index is 2.48. The summed E-state index contributed by atoms with van der Waals surface area (Å²) in [7, 11) is 8.48. The van der Waals surface area contributed by atoms with E-state index in [1.54, 1.807) is 0 Å². The third kappa shape index (κ3) is 9.40. The zero-order valence-corrected chi connectivity index (χ0v) is 27.8. The lowest BCUT2D eigenvalue weighted by atomic mass is 10.0. The molecular formula is C36H50N4S2+2. The molecule has 0 saturated carbocycles. The summed E-state index contributed by atoms with van der Waals surface area (Å²) in [6, 6.07) is 9.22. The Morgan fingerprint density at radius 2 is 1.71 bits per heavy atom. The maximum atomic E-state index is 2.48. The molecule has 0 saturated heterocycles. The maximum Gasteiger partial charge on any atom is 0.200 e. The Hall–Kier alpha value is -2.70. The highest BCUT2D eigenvalue weighted by Gasteiger charge is 2.17. The zero-order valence-electron chi connectivity index (χ0n) is 26.1. The van der Waals surface area contributed by atoms with E-state index in [4.69, 9.17) is 0 Å². The van der Waals surface area contributed by atoms with E-state index in [2.05, 4.69) is 138 Å². The van der Waals surface area contributed by atoms with Gasteiger partial charge in [0.15, 0.2) is 12.3 Å². The minimum atomic E-state index is 0.440. The van der Waals surface area contributed by atoms with Crippen LogP contribution in [0.2, 0.25) is 0 Å². The van der Waals surface area contributed by atoms with Crippen molar-refractivity contribution in [3.05, 3.63) is 95.4 Å². The molecule has 42 heavy (non-hydrogen) atoms. The Morgan fingerprint density at radius 1 is 0.905 bits per heavy atom. The second-order valence-electron chi connectivity index (χ2n) is 11.0. The summed E-state index contributed by atoms with van der Waals surface area (Å²) < 4.78 is 4.77. The number of anilines is 1. The van der Waals surface area contributed by atoms with Crippen molar-refractivity contribution in [2.75, 3.05) is 56.7 Å². The second kappa shape index (κ2) is 17.4. The van der Waals surface area contributed by atoms with Gasteiger partial charge in [0.2, 0.25) is 5.70 Å². The summed E-state index contributed by atoms with van der Waals surface area (Å²) >= 11 is 0. The molecule has 0 amide bonds. The predicted octanol–water partition coefficient (Wildman–Crippen LogP) is 7.82. The SMILES string of the molecule is CC[N+]1=CCCC=C1/C=C/C1=C(N(C)CCSSCCN(C)c2ccccc2/C=C/C2CC=CC=[N+]2CC)CCC=C1. The third-order valence-electron chi connectivity index (χ3n) is 8.15. The smallest absolute Gasteiger partial charge is 0.200 e. The van der Waals surface area contributed by atoms with Crippen LogP contribution in [-0.2, 0) is 0 Å². The van der Waals surface area contributed by atoms with Crippen molar-refractivity contribution in [1.29, 1.82) is 0 Å². The van der Waals surface area contributed by atoms with Gasteiger partial charge < -0.3 is 9.80 Å². The van der Waals surface area contributed by atoms with Crippen LogP contribution in [0.15, 0.2) is 89.8 Å². The molecule has 1 atom stereocenters. The molecule has 2 aliphatic heterocycles. The molecule has 3 aliphatic rings. The van der Waals surface area contributed by atoms with Gasteiger partial charge in [-0.15, -0.1) is 0 Å². The molecule has 224 valence electrons. The Balaban J connectivity index is 1.23. The van der Waals surface area contributed by atoms with Gasteiger partial charge in [-0.3, -0.25) is 0 Å². The van der Waals surface area contributed by atoms with Crippen molar-refractivity contribution < 1.29 is 9.15 Å². The molecule has 4 rings (SSSR count). The minimum absolute atomic E-state index is 0.440. The third-order valence-corrected chi connectivity index (χ3v) is 10.5. The highest BCUT2D eigenvalue weighted by atomic mass is 33.1. The molecule has 1 aromatic carbocycles. The molecule has 1 aliphatic carbocycles. The van der Waals surface area contributed by atoms with Crippen LogP contribution in [0.4, 0.5) is 5.69 Å². The van der Waals surface area contributed by atoms with Gasteiger partial charge in [0.25, 0.3) is 0 Å².